The molecule has 30 heavy (non-hydrogen) atoms. The van der Waals surface area contributed by atoms with Crippen LogP contribution in [-0.2, 0) is 6.42 Å². The van der Waals surface area contributed by atoms with Crippen molar-refractivity contribution in [3.8, 4) is 0 Å². The molecular weight excluding hydrogens is 368 g/mol. The van der Waals surface area contributed by atoms with Crippen LogP contribution in [0.4, 0.5) is 0 Å². The smallest absolute Gasteiger partial charge is 0.0611 e. The maximum absolute atomic E-state index is 10.6. The molecule has 1 aromatic carbocycles. The first kappa shape index (κ1) is 21.8. The van der Waals surface area contributed by atoms with Crippen molar-refractivity contribution in [1.82, 2.24) is 10.2 Å². The van der Waals surface area contributed by atoms with Crippen LogP contribution in [0.3, 0.4) is 0 Å². The lowest BCUT2D eigenvalue weighted by Gasteiger charge is -2.18. The Labute approximate surface area is 183 Å². The fourth-order valence-corrected chi connectivity index (χ4v) is 5.78. The number of allylic oxidation sites excluding steroid dienone is 2. The normalized spacial score (nSPS) is 29.1. The number of rotatable bonds is 10. The van der Waals surface area contributed by atoms with E-state index in [1.165, 1.54) is 56.4 Å². The first-order valence-electron chi connectivity index (χ1n) is 12.2. The Morgan fingerprint density at radius 3 is 2.87 bits per heavy atom. The molecule has 1 saturated carbocycles. The molecule has 4 rings (SSSR count). The second kappa shape index (κ2) is 10.7. The van der Waals surface area contributed by atoms with Crippen molar-refractivity contribution >= 4 is 0 Å². The molecule has 0 bridgehead atoms. The zero-order valence-corrected chi connectivity index (χ0v) is 18.7. The second-order valence-electron chi connectivity index (χ2n) is 9.74. The van der Waals surface area contributed by atoms with E-state index >= 15 is 0 Å². The minimum atomic E-state index is -0.161. The van der Waals surface area contributed by atoms with Gasteiger partial charge in [0, 0.05) is 19.0 Å². The third-order valence-electron chi connectivity index (χ3n) is 7.42. The molecule has 2 N–H and O–H groups in total. The number of hydrogen-bond donors (Lipinski definition) is 2. The van der Waals surface area contributed by atoms with Crippen molar-refractivity contribution in [2.45, 2.75) is 58.0 Å². The van der Waals surface area contributed by atoms with Gasteiger partial charge in [-0.1, -0.05) is 53.6 Å². The van der Waals surface area contributed by atoms with Gasteiger partial charge in [0.2, 0.25) is 0 Å². The van der Waals surface area contributed by atoms with Crippen LogP contribution in [0, 0.1) is 24.7 Å². The van der Waals surface area contributed by atoms with E-state index in [0.717, 1.165) is 32.4 Å². The highest BCUT2D eigenvalue weighted by Gasteiger charge is 2.43. The molecule has 0 amide bonds. The molecular formula is C27H40N2O. The molecule has 1 saturated heterocycles. The van der Waals surface area contributed by atoms with E-state index in [1.807, 2.05) is 0 Å². The summed E-state index contributed by atoms with van der Waals surface area (Å²) in [5.41, 5.74) is 4.36. The zero-order valence-electron chi connectivity index (χ0n) is 18.7. The van der Waals surface area contributed by atoms with Crippen LogP contribution in [0.5, 0.6) is 0 Å². The molecule has 0 radical (unpaired) electrons. The molecule has 1 aliphatic heterocycles. The van der Waals surface area contributed by atoms with Crippen LogP contribution in [-0.4, -0.2) is 48.8 Å². The summed E-state index contributed by atoms with van der Waals surface area (Å²) in [7, 11) is 0. The predicted molar refractivity (Wildman–Crippen MR) is 126 cm³/mol. The van der Waals surface area contributed by atoms with Gasteiger partial charge in [-0.25, -0.2) is 0 Å². The minimum Gasteiger partial charge on any atom is -0.392 e. The number of nitrogens with one attached hydrogen (secondary N) is 1. The largest absolute Gasteiger partial charge is 0.392 e. The van der Waals surface area contributed by atoms with Gasteiger partial charge in [0.15, 0.2) is 0 Å². The van der Waals surface area contributed by atoms with Gasteiger partial charge in [0.1, 0.15) is 0 Å². The molecule has 1 heterocycles. The number of benzene rings is 1. The van der Waals surface area contributed by atoms with Gasteiger partial charge < -0.3 is 15.3 Å². The highest BCUT2D eigenvalue weighted by Crippen LogP contribution is 2.47. The van der Waals surface area contributed by atoms with Gasteiger partial charge in [-0.3, -0.25) is 0 Å². The van der Waals surface area contributed by atoms with Crippen molar-refractivity contribution in [1.29, 1.82) is 0 Å². The summed E-state index contributed by atoms with van der Waals surface area (Å²) in [4.78, 5) is 2.57. The number of nitrogens with zero attached hydrogens (tertiary/aromatic N) is 1. The van der Waals surface area contributed by atoms with Crippen LogP contribution >= 0.6 is 0 Å². The number of likely N-dealkylation sites (tertiary alicyclic amines) is 1. The summed E-state index contributed by atoms with van der Waals surface area (Å²) in [5, 5.41) is 14.2. The number of aliphatic hydroxyl groups excluding tert-OH is 1. The molecule has 0 unspecified atom stereocenters. The van der Waals surface area contributed by atoms with Gasteiger partial charge in [-0.2, -0.15) is 0 Å². The van der Waals surface area contributed by atoms with Gasteiger partial charge >= 0.3 is 0 Å². The lowest BCUT2D eigenvalue weighted by molar-refractivity contribution is 0.141. The van der Waals surface area contributed by atoms with E-state index < -0.39 is 0 Å². The van der Waals surface area contributed by atoms with Gasteiger partial charge in [-0.15, -0.1) is 0 Å². The van der Waals surface area contributed by atoms with Gasteiger partial charge in [0.05, 0.1) is 6.10 Å². The number of hydrogen-bond acceptors (Lipinski definition) is 3. The highest BCUT2D eigenvalue weighted by molar-refractivity contribution is 5.23. The van der Waals surface area contributed by atoms with Crippen molar-refractivity contribution < 1.29 is 5.11 Å². The predicted octanol–water partition coefficient (Wildman–Crippen LogP) is 4.50. The molecule has 1 aromatic rings. The summed E-state index contributed by atoms with van der Waals surface area (Å²) in [5.74, 6) is 1.55. The van der Waals surface area contributed by atoms with E-state index in [1.54, 1.807) is 5.57 Å². The monoisotopic (exact) mass is 408 g/mol. The lowest BCUT2D eigenvalue weighted by atomic mass is 9.89. The Bertz CT molecular complexity index is 734. The Morgan fingerprint density at radius 1 is 1.17 bits per heavy atom. The van der Waals surface area contributed by atoms with Crippen LogP contribution in [0.1, 0.15) is 49.7 Å². The maximum atomic E-state index is 10.6. The first-order chi connectivity index (χ1) is 14.7. The molecule has 3 nitrogen and oxygen atoms in total. The van der Waals surface area contributed by atoms with E-state index in [2.05, 4.69) is 59.6 Å². The maximum Gasteiger partial charge on any atom is 0.0611 e. The summed E-state index contributed by atoms with van der Waals surface area (Å²) in [6, 6.07) is 8.79. The lowest BCUT2D eigenvalue weighted by Crippen LogP contribution is -2.30. The van der Waals surface area contributed by atoms with E-state index in [4.69, 9.17) is 0 Å². The fourth-order valence-electron chi connectivity index (χ4n) is 5.78. The van der Waals surface area contributed by atoms with Crippen molar-refractivity contribution in [3.05, 3.63) is 59.2 Å². The average molecular weight is 409 g/mol. The van der Waals surface area contributed by atoms with E-state index in [-0.39, 0.29) is 6.10 Å². The van der Waals surface area contributed by atoms with E-state index in [0.29, 0.717) is 17.8 Å². The molecule has 0 aromatic heterocycles. The summed E-state index contributed by atoms with van der Waals surface area (Å²) >= 11 is 0. The minimum absolute atomic E-state index is 0.161. The Balaban J connectivity index is 1.17. The SMILES string of the molecule is Cc1cccc(CCC=C[C@@H]2[C@H]3CC(CCNCCN4CCCC4)=C[C@H]3C[C@H]2O)c1. The van der Waals surface area contributed by atoms with Crippen LogP contribution in [0.25, 0.3) is 0 Å². The summed E-state index contributed by atoms with van der Waals surface area (Å²) in [6.45, 7) is 8.15. The van der Waals surface area contributed by atoms with Crippen LogP contribution in [0.15, 0.2) is 48.1 Å². The highest BCUT2D eigenvalue weighted by atomic mass is 16.3. The molecule has 3 heteroatoms. The quantitative estimate of drug-likeness (QED) is 0.442. The molecule has 3 aliphatic rings. The first-order valence-corrected chi connectivity index (χ1v) is 12.2. The number of aliphatic hydroxyl groups is 1. The Morgan fingerprint density at radius 2 is 2.03 bits per heavy atom. The standard InChI is InChI=1S/C27H40N2O/c1-21-7-6-9-22(17-21)8-2-3-10-25-26-19-23(18-24(26)20-27(25)30)11-12-28-13-16-29-14-4-5-15-29/h3,6-7,9-10,17-18,24-28,30H,2,4-5,8,11-16,19-20H2,1H3/t24-,25+,26-,27+/m0/s1. The van der Waals surface area contributed by atoms with Gasteiger partial charge in [-0.05, 0) is 88.9 Å². The van der Waals surface area contributed by atoms with Crippen molar-refractivity contribution in [3.63, 3.8) is 0 Å². The van der Waals surface area contributed by atoms with Crippen LogP contribution in [0.2, 0.25) is 0 Å². The van der Waals surface area contributed by atoms with Crippen LogP contribution < -0.4 is 5.32 Å². The molecule has 164 valence electrons. The zero-order chi connectivity index (χ0) is 20.8. The Kier molecular flexibility index (Phi) is 7.81. The summed E-state index contributed by atoms with van der Waals surface area (Å²) in [6.07, 6.45) is 15.2. The fraction of sp³-hybridized carbons (Fsp3) is 0.630. The third-order valence-corrected chi connectivity index (χ3v) is 7.42. The van der Waals surface area contributed by atoms with Crippen molar-refractivity contribution in [2.75, 3.05) is 32.7 Å². The molecule has 2 aliphatic carbocycles. The summed E-state index contributed by atoms with van der Waals surface area (Å²) < 4.78 is 0. The molecule has 2 fully saturated rings. The average Bonchev–Trinajstić information content (AvgIpc) is 3.43. The number of fused-ring (bicyclic) bond motifs is 1. The third kappa shape index (κ3) is 5.84. The van der Waals surface area contributed by atoms with Crippen molar-refractivity contribution in [2.24, 2.45) is 17.8 Å². The number of aryl methyl sites for hydroxylation is 2. The van der Waals surface area contributed by atoms with Gasteiger partial charge in [0.25, 0.3) is 0 Å². The molecule has 4 atom stereocenters. The Hall–Kier alpha value is -1.42. The van der Waals surface area contributed by atoms with E-state index in [9.17, 15) is 5.11 Å². The topological polar surface area (TPSA) is 35.5 Å². The second-order valence-corrected chi connectivity index (χ2v) is 9.74. The molecule has 0 spiro atoms.